The number of thiophene rings is 1. The molecule has 1 aliphatic rings. The highest BCUT2D eigenvalue weighted by Gasteiger charge is 2.25. The van der Waals surface area contributed by atoms with Gasteiger partial charge in [0.1, 0.15) is 0 Å². The predicted molar refractivity (Wildman–Crippen MR) is 101 cm³/mol. The Morgan fingerprint density at radius 2 is 2.08 bits per heavy atom. The van der Waals surface area contributed by atoms with Crippen molar-refractivity contribution in [1.29, 1.82) is 0 Å². The molecule has 0 aliphatic heterocycles. The van der Waals surface area contributed by atoms with Gasteiger partial charge in [-0.1, -0.05) is 11.6 Å². The molecule has 5 nitrogen and oxygen atoms in total. The van der Waals surface area contributed by atoms with Crippen molar-refractivity contribution < 1.29 is 9.59 Å². The first-order valence-corrected chi connectivity index (χ1v) is 9.35. The normalized spacial score (nSPS) is 13.4. The van der Waals surface area contributed by atoms with E-state index in [1.165, 1.54) is 5.56 Å². The van der Waals surface area contributed by atoms with Crippen LogP contribution in [0.4, 0.5) is 10.5 Å². The van der Waals surface area contributed by atoms with E-state index in [2.05, 4.69) is 10.6 Å². The number of benzene rings is 1. The van der Waals surface area contributed by atoms with E-state index in [1.807, 2.05) is 18.4 Å². The van der Waals surface area contributed by atoms with Crippen molar-refractivity contribution in [2.45, 2.75) is 32.4 Å². The highest BCUT2D eigenvalue weighted by atomic mass is 35.5. The molecule has 132 valence electrons. The van der Waals surface area contributed by atoms with Crippen molar-refractivity contribution in [1.82, 2.24) is 10.2 Å². The molecule has 7 heteroatoms. The highest BCUT2D eigenvalue weighted by Crippen LogP contribution is 2.24. The van der Waals surface area contributed by atoms with Crippen LogP contribution in [0.3, 0.4) is 0 Å². The second-order valence-corrected chi connectivity index (χ2v) is 7.66. The number of urea groups is 1. The zero-order valence-electron chi connectivity index (χ0n) is 14.1. The van der Waals surface area contributed by atoms with Crippen LogP contribution in [0.15, 0.2) is 29.6 Å². The molecular formula is C18H20ClN3O2S. The van der Waals surface area contributed by atoms with Gasteiger partial charge in [-0.2, -0.15) is 0 Å². The molecule has 0 radical (unpaired) electrons. The van der Waals surface area contributed by atoms with E-state index in [1.54, 1.807) is 41.5 Å². The number of carbonyl (C=O) groups is 2. The lowest BCUT2D eigenvalue weighted by Crippen LogP contribution is -2.31. The lowest BCUT2D eigenvalue weighted by Gasteiger charge is -2.18. The Morgan fingerprint density at radius 1 is 1.32 bits per heavy atom. The van der Waals surface area contributed by atoms with Crippen molar-refractivity contribution in [2.24, 2.45) is 0 Å². The third kappa shape index (κ3) is 4.52. The van der Waals surface area contributed by atoms with Crippen molar-refractivity contribution in [3.05, 3.63) is 50.7 Å². The average molecular weight is 378 g/mol. The largest absolute Gasteiger partial charge is 0.349 e. The first-order valence-electron chi connectivity index (χ1n) is 8.09. The fourth-order valence-corrected chi connectivity index (χ4v) is 3.50. The number of hydrogen-bond donors (Lipinski definition) is 2. The lowest BCUT2D eigenvalue weighted by atomic mass is 10.2. The maximum atomic E-state index is 12.4. The Morgan fingerprint density at radius 3 is 2.72 bits per heavy atom. The van der Waals surface area contributed by atoms with Gasteiger partial charge >= 0.3 is 6.03 Å². The van der Waals surface area contributed by atoms with Crippen molar-refractivity contribution >= 4 is 40.6 Å². The van der Waals surface area contributed by atoms with Gasteiger partial charge in [0.15, 0.2) is 0 Å². The van der Waals surface area contributed by atoms with Gasteiger partial charge in [0.05, 0.1) is 17.1 Å². The minimum atomic E-state index is -0.233. The Balaban J connectivity index is 1.66. The van der Waals surface area contributed by atoms with Crippen LogP contribution >= 0.6 is 22.9 Å². The maximum Gasteiger partial charge on any atom is 0.321 e. The smallest absolute Gasteiger partial charge is 0.321 e. The van der Waals surface area contributed by atoms with Crippen LogP contribution < -0.4 is 10.6 Å². The molecule has 3 amide bonds. The molecular weight excluding hydrogens is 358 g/mol. The number of amides is 3. The van der Waals surface area contributed by atoms with Crippen LogP contribution in [0.1, 0.15) is 33.6 Å². The fraction of sp³-hybridized carbons (Fsp3) is 0.333. The summed E-state index contributed by atoms with van der Waals surface area (Å²) >= 11 is 7.75. The summed E-state index contributed by atoms with van der Waals surface area (Å²) in [4.78, 5) is 27.4. The molecule has 0 saturated heterocycles. The molecule has 0 atom stereocenters. The Bertz CT molecular complexity index is 801. The van der Waals surface area contributed by atoms with Crippen LogP contribution in [0, 0.1) is 6.92 Å². The van der Waals surface area contributed by atoms with E-state index in [4.69, 9.17) is 11.6 Å². The third-order valence-electron chi connectivity index (χ3n) is 4.07. The molecule has 2 N–H and O–H groups in total. The number of aryl methyl sites for hydroxylation is 1. The summed E-state index contributed by atoms with van der Waals surface area (Å²) in [5.74, 6) is -0.203. The molecule has 2 aromatic rings. The average Bonchev–Trinajstić information content (AvgIpc) is 3.30. The SMILES string of the molecule is Cc1ccsc1CN(C)C(=O)Nc1ccc(Cl)c(C(=O)NC2CC2)c1. The lowest BCUT2D eigenvalue weighted by molar-refractivity contribution is 0.0951. The van der Waals surface area contributed by atoms with Gasteiger partial charge < -0.3 is 15.5 Å². The molecule has 0 spiro atoms. The number of rotatable bonds is 5. The van der Waals surface area contributed by atoms with E-state index in [0.29, 0.717) is 22.8 Å². The summed E-state index contributed by atoms with van der Waals surface area (Å²) in [5, 5.41) is 8.11. The zero-order chi connectivity index (χ0) is 18.0. The summed E-state index contributed by atoms with van der Waals surface area (Å²) in [5.41, 5.74) is 2.10. The summed E-state index contributed by atoms with van der Waals surface area (Å²) in [6, 6.07) is 6.99. The Hall–Kier alpha value is -2.05. The minimum Gasteiger partial charge on any atom is -0.349 e. The standard InChI is InChI=1S/C18H20ClN3O2S/c1-11-7-8-25-16(11)10-22(2)18(24)21-13-5-6-15(19)14(9-13)17(23)20-12-3-4-12/h5-9,12H,3-4,10H2,1-2H3,(H,20,23)(H,21,24). The van der Waals surface area contributed by atoms with E-state index in [-0.39, 0.29) is 18.0 Å². The number of halogens is 1. The number of nitrogens with one attached hydrogen (secondary N) is 2. The van der Waals surface area contributed by atoms with Crippen LogP contribution in [0.25, 0.3) is 0 Å². The highest BCUT2D eigenvalue weighted by molar-refractivity contribution is 7.10. The van der Waals surface area contributed by atoms with Gasteiger partial charge in [-0.15, -0.1) is 11.3 Å². The van der Waals surface area contributed by atoms with Crippen molar-refractivity contribution in [3.63, 3.8) is 0 Å². The number of nitrogens with zero attached hydrogens (tertiary/aromatic N) is 1. The van der Waals surface area contributed by atoms with E-state index in [0.717, 1.165) is 17.7 Å². The monoisotopic (exact) mass is 377 g/mol. The molecule has 3 rings (SSSR count). The minimum absolute atomic E-state index is 0.203. The molecule has 1 aromatic carbocycles. The second kappa shape index (κ2) is 7.45. The molecule has 25 heavy (non-hydrogen) atoms. The van der Waals surface area contributed by atoms with E-state index < -0.39 is 0 Å². The molecule has 1 aromatic heterocycles. The van der Waals surface area contributed by atoms with Gasteiger partial charge in [-0.3, -0.25) is 4.79 Å². The molecule has 1 aliphatic carbocycles. The number of anilines is 1. The van der Waals surface area contributed by atoms with Gasteiger partial charge in [0, 0.05) is 23.7 Å². The summed E-state index contributed by atoms with van der Waals surface area (Å²) in [6.45, 7) is 2.57. The van der Waals surface area contributed by atoms with E-state index in [9.17, 15) is 9.59 Å². The first-order chi connectivity index (χ1) is 11.9. The quantitative estimate of drug-likeness (QED) is 0.817. The maximum absolute atomic E-state index is 12.4. The predicted octanol–water partition coefficient (Wildman–Crippen LogP) is 4.27. The Kier molecular flexibility index (Phi) is 5.30. The topological polar surface area (TPSA) is 61.4 Å². The van der Waals surface area contributed by atoms with Crippen molar-refractivity contribution in [2.75, 3.05) is 12.4 Å². The summed E-state index contributed by atoms with van der Waals surface area (Å²) in [7, 11) is 1.74. The van der Waals surface area contributed by atoms with Crippen LogP contribution in [0.5, 0.6) is 0 Å². The summed E-state index contributed by atoms with van der Waals surface area (Å²) < 4.78 is 0. The third-order valence-corrected chi connectivity index (χ3v) is 5.41. The summed E-state index contributed by atoms with van der Waals surface area (Å²) in [6.07, 6.45) is 2.01. The van der Waals surface area contributed by atoms with Gasteiger partial charge in [-0.25, -0.2) is 4.79 Å². The van der Waals surface area contributed by atoms with Gasteiger partial charge in [0.2, 0.25) is 0 Å². The van der Waals surface area contributed by atoms with Crippen molar-refractivity contribution in [3.8, 4) is 0 Å². The molecule has 0 bridgehead atoms. The van der Waals surface area contributed by atoms with Crippen LogP contribution in [-0.2, 0) is 6.54 Å². The molecule has 1 heterocycles. The van der Waals surface area contributed by atoms with Crippen LogP contribution in [0.2, 0.25) is 5.02 Å². The second-order valence-electron chi connectivity index (χ2n) is 6.26. The molecule has 0 unspecified atom stereocenters. The molecule has 1 saturated carbocycles. The number of hydrogen-bond acceptors (Lipinski definition) is 3. The van der Waals surface area contributed by atoms with Gasteiger partial charge in [-0.05, 0) is 55.0 Å². The van der Waals surface area contributed by atoms with E-state index >= 15 is 0 Å². The number of carbonyl (C=O) groups excluding carboxylic acids is 2. The zero-order valence-corrected chi connectivity index (χ0v) is 15.7. The fourth-order valence-electron chi connectivity index (χ4n) is 2.34. The Labute approximate surface area is 156 Å². The molecule has 1 fully saturated rings. The van der Waals surface area contributed by atoms with Crippen LogP contribution in [-0.4, -0.2) is 29.9 Å². The van der Waals surface area contributed by atoms with Gasteiger partial charge in [0.25, 0.3) is 5.91 Å². The first kappa shape index (κ1) is 17.8.